The van der Waals surface area contributed by atoms with Gasteiger partial charge in [0.05, 0.1) is 5.39 Å². The summed E-state index contributed by atoms with van der Waals surface area (Å²) in [5, 5.41) is 9.03. The second-order valence-corrected chi connectivity index (χ2v) is 5.12. The van der Waals surface area contributed by atoms with Gasteiger partial charge in [-0.25, -0.2) is 9.37 Å². The van der Waals surface area contributed by atoms with E-state index in [2.05, 4.69) is 20.6 Å². The Balaban J connectivity index is 1.90. The van der Waals surface area contributed by atoms with E-state index in [1.165, 1.54) is 6.07 Å². The second kappa shape index (κ2) is 5.42. The zero-order chi connectivity index (χ0) is 13.9. The topological polar surface area (TPSA) is 49.8 Å². The number of fused-ring (bicyclic) bond motifs is 1. The fourth-order valence-electron chi connectivity index (χ4n) is 1.92. The van der Waals surface area contributed by atoms with Gasteiger partial charge in [-0.15, -0.1) is 11.3 Å². The molecule has 0 atom stereocenters. The van der Waals surface area contributed by atoms with Gasteiger partial charge in [-0.05, 0) is 17.5 Å². The molecule has 0 spiro atoms. The summed E-state index contributed by atoms with van der Waals surface area (Å²) < 4.78 is 13.6. The summed E-state index contributed by atoms with van der Waals surface area (Å²) in [7, 11) is 1.77. The van der Waals surface area contributed by atoms with E-state index in [0.29, 0.717) is 23.9 Å². The van der Waals surface area contributed by atoms with Crippen molar-refractivity contribution in [1.29, 1.82) is 0 Å². The summed E-state index contributed by atoms with van der Waals surface area (Å²) in [5.41, 5.74) is 0.612. The Labute approximate surface area is 119 Å². The van der Waals surface area contributed by atoms with E-state index in [-0.39, 0.29) is 5.82 Å². The average Bonchev–Trinajstić information content (AvgIpc) is 2.94. The molecule has 4 nitrogen and oxygen atoms in total. The Morgan fingerprint density at radius 2 is 2.05 bits per heavy atom. The van der Waals surface area contributed by atoms with Gasteiger partial charge >= 0.3 is 0 Å². The van der Waals surface area contributed by atoms with Crippen LogP contribution in [0.4, 0.5) is 16.2 Å². The Morgan fingerprint density at radius 1 is 1.20 bits per heavy atom. The average molecular weight is 288 g/mol. The highest BCUT2D eigenvalue weighted by atomic mass is 32.1. The zero-order valence-electron chi connectivity index (χ0n) is 10.9. The molecule has 2 aromatic heterocycles. The van der Waals surface area contributed by atoms with Crippen LogP contribution in [0.25, 0.3) is 10.2 Å². The molecule has 0 aliphatic rings. The number of nitrogens with one attached hydrogen (secondary N) is 2. The van der Waals surface area contributed by atoms with Crippen LogP contribution in [0.15, 0.2) is 35.7 Å². The van der Waals surface area contributed by atoms with E-state index < -0.39 is 0 Å². The molecule has 2 N–H and O–H groups in total. The third-order valence-corrected chi connectivity index (χ3v) is 3.76. The lowest BCUT2D eigenvalue weighted by atomic mass is 10.2. The van der Waals surface area contributed by atoms with E-state index in [1.54, 1.807) is 30.5 Å². The van der Waals surface area contributed by atoms with E-state index >= 15 is 0 Å². The first-order chi connectivity index (χ1) is 9.78. The van der Waals surface area contributed by atoms with Gasteiger partial charge < -0.3 is 10.6 Å². The molecule has 3 rings (SSSR count). The monoisotopic (exact) mass is 288 g/mol. The number of halogens is 1. The number of nitrogens with zero attached hydrogens (tertiary/aromatic N) is 2. The normalized spacial score (nSPS) is 10.7. The quantitative estimate of drug-likeness (QED) is 0.771. The molecule has 0 radical (unpaired) electrons. The Kier molecular flexibility index (Phi) is 3.47. The van der Waals surface area contributed by atoms with Gasteiger partial charge in [-0.1, -0.05) is 18.2 Å². The fraction of sp³-hybridized carbons (Fsp3) is 0.143. The minimum absolute atomic E-state index is 0.218. The predicted octanol–water partition coefficient (Wildman–Crippen LogP) is 3.48. The third-order valence-electron chi connectivity index (χ3n) is 2.95. The summed E-state index contributed by atoms with van der Waals surface area (Å²) >= 11 is 1.55. The molecule has 0 bridgehead atoms. The van der Waals surface area contributed by atoms with Crippen LogP contribution in [0.1, 0.15) is 5.56 Å². The molecule has 0 fully saturated rings. The number of benzene rings is 1. The Bertz CT molecular complexity index is 741. The van der Waals surface area contributed by atoms with Crippen molar-refractivity contribution in [2.24, 2.45) is 0 Å². The minimum atomic E-state index is -0.218. The number of thiophene rings is 1. The molecule has 20 heavy (non-hydrogen) atoms. The first-order valence-corrected chi connectivity index (χ1v) is 7.06. The van der Waals surface area contributed by atoms with Gasteiger partial charge in [-0.3, -0.25) is 0 Å². The van der Waals surface area contributed by atoms with E-state index in [0.717, 1.165) is 10.2 Å². The number of hydrogen-bond donors (Lipinski definition) is 2. The van der Waals surface area contributed by atoms with Crippen molar-refractivity contribution in [3.8, 4) is 0 Å². The molecule has 0 aliphatic carbocycles. The summed E-state index contributed by atoms with van der Waals surface area (Å²) in [4.78, 5) is 9.66. The number of rotatable bonds is 4. The summed E-state index contributed by atoms with van der Waals surface area (Å²) in [6, 6.07) is 8.67. The van der Waals surface area contributed by atoms with Gasteiger partial charge in [-0.2, -0.15) is 4.98 Å². The van der Waals surface area contributed by atoms with Crippen molar-refractivity contribution >= 4 is 33.3 Å². The van der Waals surface area contributed by atoms with E-state index in [4.69, 9.17) is 0 Å². The highest BCUT2D eigenvalue weighted by Gasteiger charge is 2.09. The van der Waals surface area contributed by atoms with Crippen molar-refractivity contribution < 1.29 is 4.39 Å². The second-order valence-electron chi connectivity index (χ2n) is 4.23. The van der Waals surface area contributed by atoms with Crippen molar-refractivity contribution in [3.05, 3.63) is 47.1 Å². The molecular weight excluding hydrogens is 275 g/mol. The highest BCUT2D eigenvalue weighted by Crippen LogP contribution is 2.26. The predicted molar refractivity (Wildman–Crippen MR) is 80.7 cm³/mol. The molecule has 3 aromatic rings. The minimum Gasteiger partial charge on any atom is -0.365 e. The first-order valence-electron chi connectivity index (χ1n) is 6.18. The van der Waals surface area contributed by atoms with Crippen LogP contribution in [-0.4, -0.2) is 17.0 Å². The summed E-state index contributed by atoms with van der Waals surface area (Å²) in [6.45, 7) is 0.387. The summed E-state index contributed by atoms with van der Waals surface area (Å²) in [6.07, 6.45) is 0. The zero-order valence-corrected chi connectivity index (χ0v) is 11.7. The van der Waals surface area contributed by atoms with Crippen molar-refractivity contribution in [2.75, 3.05) is 17.7 Å². The largest absolute Gasteiger partial charge is 0.365 e. The Morgan fingerprint density at radius 3 is 2.85 bits per heavy atom. The highest BCUT2D eigenvalue weighted by molar-refractivity contribution is 7.16. The van der Waals surface area contributed by atoms with Crippen LogP contribution in [-0.2, 0) is 6.54 Å². The number of aromatic nitrogens is 2. The maximum Gasteiger partial charge on any atom is 0.225 e. The molecule has 6 heteroatoms. The maximum atomic E-state index is 13.6. The van der Waals surface area contributed by atoms with Gasteiger partial charge in [0, 0.05) is 19.2 Å². The first kappa shape index (κ1) is 12.8. The molecular formula is C14H13FN4S. The lowest BCUT2D eigenvalue weighted by Crippen LogP contribution is -2.06. The van der Waals surface area contributed by atoms with Crippen molar-refractivity contribution in [2.45, 2.75) is 6.54 Å². The molecule has 0 amide bonds. The van der Waals surface area contributed by atoms with Crippen molar-refractivity contribution in [1.82, 2.24) is 9.97 Å². The SMILES string of the molecule is CNc1nc(NCc2ccccc2F)c2ccsc2n1. The van der Waals surface area contributed by atoms with Gasteiger partial charge in [0.2, 0.25) is 5.95 Å². The van der Waals surface area contributed by atoms with Crippen LogP contribution >= 0.6 is 11.3 Å². The molecule has 0 unspecified atom stereocenters. The molecule has 1 aromatic carbocycles. The van der Waals surface area contributed by atoms with Crippen LogP contribution in [0.5, 0.6) is 0 Å². The third kappa shape index (κ3) is 2.42. The molecule has 0 saturated carbocycles. The van der Waals surface area contributed by atoms with Crippen LogP contribution in [0.2, 0.25) is 0 Å². The van der Waals surface area contributed by atoms with Crippen LogP contribution in [0.3, 0.4) is 0 Å². The Hall–Kier alpha value is -2.21. The van der Waals surface area contributed by atoms with E-state index in [9.17, 15) is 4.39 Å². The lowest BCUT2D eigenvalue weighted by molar-refractivity contribution is 0.613. The molecule has 2 heterocycles. The number of hydrogen-bond acceptors (Lipinski definition) is 5. The van der Waals surface area contributed by atoms with E-state index in [1.807, 2.05) is 17.5 Å². The van der Waals surface area contributed by atoms with Gasteiger partial charge in [0.15, 0.2) is 0 Å². The maximum absolute atomic E-state index is 13.6. The molecule has 102 valence electrons. The number of anilines is 2. The van der Waals surface area contributed by atoms with Crippen LogP contribution < -0.4 is 10.6 Å². The molecule has 0 aliphatic heterocycles. The van der Waals surface area contributed by atoms with Crippen LogP contribution in [0, 0.1) is 5.82 Å². The smallest absolute Gasteiger partial charge is 0.225 e. The standard InChI is InChI=1S/C14H13FN4S/c1-16-14-18-12(10-6-7-20-13(10)19-14)17-8-9-4-2-3-5-11(9)15/h2-7H,8H2,1H3,(H2,16,17,18,19). The van der Waals surface area contributed by atoms with Gasteiger partial charge in [0.1, 0.15) is 16.5 Å². The van der Waals surface area contributed by atoms with Crippen molar-refractivity contribution in [3.63, 3.8) is 0 Å². The lowest BCUT2D eigenvalue weighted by Gasteiger charge is -2.09. The van der Waals surface area contributed by atoms with Gasteiger partial charge in [0.25, 0.3) is 0 Å². The molecule has 0 saturated heterocycles. The fourth-order valence-corrected chi connectivity index (χ4v) is 2.69. The summed E-state index contributed by atoms with van der Waals surface area (Å²) in [5.74, 6) is 1.05.